The predicted octanol–water partition coefficient (Wildman–Crippen LogP) is 0.208. The van der Waals surface area contributed by atoms with Crippen molar-refractivity contribution >= 4 is 0 Å². The third kappa shape index (κ3) is 3.81. The molecule has 0 amide bonds. The number of rotatable bonds is 7. The third-order valence-electron chi connectivity index (χ3n) is 6.86. The van der Waals surface area contributed by atoms with Crippen LogP contribution in [0.3, 0.4) is 0 Å². The van der Waals surface area contributed by atoms with Crippen molar-refractivity contribution in [3.8, 4) is 17.2 Å². The molecule has 1 aromatic rings. The molecule has 1 saturated carbocycles. The van der Waals surface area contributed by atoms with Crippen LogP contribution in [0.1, 0.15) is 18.4 Å². The van der Waals surface area contributed by atoms with Crippen LogP contribution in [0.15, 0.2) is 24.3 Å². The molecule has 1 heterocycles. The summed E-state index contributed by atoms with van der Waals surface area (Å²) in [6.07, 6.45) is 7.80. The summed E-state index contributed by atoms with van der Waals surface area (Å²) in [5.74, 6) is 4.94. The second-order valence-electron chi connectivity index (χ2n) is 8.41. The highest BCUT2D eigenvalue weighted by Gasteiger charge is 2.38. The van der Waals surface area contributed by atoms with Gasteiger partial charge in [0.05, 0.1) is 33.4 Å². The molecule has 0 radical (unpaired) electrons. The molecule has 0 aromatic heterocycles. The van der Waals surface area contributed by atoms with E-state index in [1.54, 1.807) is 26.2 Å². The average Bonchev–Trinajstić information content (AvgIpc) is 3.32. The Hall–Kier alpha value is -1.72. The van der Waals surface area contributed by atoms with Crippen molar-refractivity contribution < 1.29 is 24.0 Å². The fourth-order valence-electron chi connectivity index (χ4n) is 5.41. The Morgan fingerprint density at radius 2 is 1.59 bits per heavy atom. The minimum absolute atomic E-state index is 0.700. The number of hydrogen-bond donors (Lipinski definition) is 2. The van der Waals surface area contributed by atoms with E-state index in [1.165, 1.54) is 51.1 Å². The summed E-state index contributed by atoms with van der Waals surface area (Å²) in [4.78, 5) is 3.45. The Morgan fingerprint density at radius 1 is 0.852 bits per heavy atom. The zero-order chi connectivity index (χ0) is 18.8. The smallest absolute Gasteiger partial charge is 0.203 e. The van der Waals surface area contributed by atoms with Gasteiger partial charge in [-0.1, -0.05) is 12.2 Å². The fraction of sp³-hybridized carbons (Fsp3) is 0.636. The van der Waals surface area contributed by atoms with Gasteiger partial charge in [0.25, 0.3) is 0 Å². The number of hydrogen-bond acceptors (Lipinski definition) is 3. The lowest BCUT2D eigenvalue weighted by atomic mass is 9.93. The van der Waals surface area contributed by atoms with E-state index in [-0.39, 0.29) is 0 Å². The van der Waals surface area contributed by atoms with Crippen molar-refractivity contribution in [1.82, 2.24) is 0 Å². The van der Waals surface area contributed by atoms with Gasteiger partial charge in [-0.2, -0.15) is 0 Å². The van der Waals surface area contributed by atoms with Crippen LogP contribution in [0.5, 0.6) is 17.2 Å². The summed E-state index contributed by atoms with van der Waals surface area (Å²) in [5.41, 5.74) is 1.20. The standard InChI is InChI=1S/C22H32N2O3/c1-25-20-7-6-18(21(26-2)22(20)27-3)14-23-8-10-24(11-9-23)15-19-13-16-4-5-17(19)12-16/h4-7,16-17,19H,8-15H2,1-3H3/p+2/t16-,17-,19+/m0/s1. The van der Waals surface area contributed by atoms with Crippen LogP contribution >= 0.6 is 0 Å². The van der Waals surface area contributed by atoms with E-state index in [1.807, 2.05) is 11.0 Å². The molecule has 5 heteroatoms. The van der Waals surface area contributed by atoms with Crippen LogP contribution in [-0.4, -0.2) is 54.1 Å². The molecule has 2 aliphatic carbocycles. The lowest BCUT2D eigenvalue weighted by Crippen LogP contribution is -3.27. The molecule has 0 spiro atoms. The highest BCUT2D eigenvalue weighted by molar-refractivity contribution is 5.55. The molecule has 148 valence electrons. The molecule has 1 aromatic carbocycles. The molecule has 3 atom stereocenters. The Morgan fingerprint density at radius 3 is 2.19 bits per heavy atom. The quantitative estimate of drug-likeness (QED) is 0.670. The van der Waals surface area contributed by atoms with E-state index in [9.17, 15) is 0 Å². The monoisotopic (exact) mass is 374 g/mol. The van der Waals surface area contributed by atoms with Gasteiger partial charge in [-0.3, -0.25) is 0 Å². The summed E-state index contributed by atoms with van der Waals surface area (Å²) in [6, 6.07) is 4.11. The summed E-state index contributed by atoms with van der Waals surface area (Å²) < 4.78 is 16.6. The first-order chi connectivity index (χ1) is 13.2. The first kappa shape index (κ1) is 18.6. The summed E-state index contributed by atoms with van der Waals surface area (Å²) in [6.45, 7) is 7.37. The highest BCUT2D eigenvalue weighted by atomic mass is 16.5. The van der Waals surface area contributed by atoms with Gasteiger partial charge in [-0.25, -0.2) is 0 Å². The predicted molar refractivity (Wildman–Crippen MR) is 105 cm³/mol. The highest BCUT2D eigenvalue weighted by Crippen LogP contribution is 2.42. The molecule has 2 fully saturated rings. The van der Waals surface area contributed by atoms with E-state index in [4.69, 9.17) is 14.2 Å². The Balaban J connectivity index is 1.33. The zero-order valence-electron chi connectivity index (χ0n) is 16.9. The lowest BCUT2D eigenvalue weighted by molar-refractivity contribution is -1.02. The van der Waals surface area contributed by atoms with E-state index < -0.39 is 0 Å². The fourth-order valence-corrected chi connectivity index (χ4v) is 5.41. The SMILES string of the molecule is COc1ccc(C[NH+]2CC[NH+](C[C@H]3C[C@H]4C=C[C@H]3C4)CC2)c(OC)c1OC. The number of allylic oxidation sites excluding steroid dienone is 2. The summed E-state index contributed by atoms with van der Waals surface area (Å²) in [7, 11) is 5.04. The minimum atomic E-state index is 0.700. The van der Waals surface area contributed by atoms with Gasteiger partial charge in [-0.15, -0.1) is 0 Å². The Labute approximate surface area is 162 Å². The van der Waals surface area contributed by atoms with Crippen LogP contribution < -0.4 is 24.0 Å². The second-order valence-corrected chi connectivity index (χ2v) is 8.41. The third-order valence-corrected chi connectivity index (χ3v) is 6.86. The maximum atomic E-state index is 5.66. The van der Waals surface area contributed by atoms with Gasteiger partial charge in [0, 0.05) is 5.92 Å². The first-order valence-electron chi connectivity index (χ1n) is 10.3. The van der Waals surface area contributed by atoms with Crippen molar-refractivity contribution in [2.75, 3.05) is 54.1 Å². The van der Waals surface area contributed by atoms with Gasteiger partial charge in [-0.05, 0) is 36.8 Å². The molecule has 1 saturated heterocycles. The Bertz CT molecular complexity index is 682. The minimum Gasteiger partial charge on any atom is -0.493 e. The molecular formula is C22H34N2O3+2. The van der Waals surface area contributed by atoms with Gasteiger partial charge in [0.1, 0.15) is 32.7 Å². The lowest BCUT2D eigenvalue weighted by Gasteiger charge is -2.32. The maximum Gasteiger partial charge on any atom is 0.203 e. The molecule has 2 bridgehead atoms. The molecule has 27 heavy (non-hydrogen) atoms. The van der Waals surface area contributed by atoms with Gasteiger partial charge < -0.3 is 24.0 Å². The maximum absolute atomic E-state index is 5.66. The zero-order valence-corrected chi connectivity index (χ0v) is 16.9. The van der Waals surface area contributed by atoms with E-state index >= 15 is 0 Å². The number of quaternary nitrogens is 2. The normalized spacial score (nSPS) is 31.9. The summed E-state index contributed by atoms with van der Waals surface area (Å²) >= 11 is 0. The van der Waals surface area contributed by atoms with E-state index in [0.717, 1.165) is 35.8 Å². The number of piperazine rings is 1. The van der Waals surface area contributed by atoms with Crippen LogP contribution in [0, 0.1) is 17.8 Å². The number of fused-ring (bicyclic) bond motifs is 2. The number of benzene rings is 1. The molecule has 5 nitrogen and oxygen atoms in total. The van der Waals surface area contributed by atoms with Crippen molar-refractivity contribution in [3.63, 3.8) is 0 Å². The molecule has 3 aliphatic rings. The first-order valence-corrected chi connectivity index (χ1v) is 10.3. The van der Waals surface area contributed by atoms with Crippen LogP contribution in [0.4, 0.5) is 0 Å². The van der Waals surface area contributed by atoms with Crippen LogP contribution in [-0.2, 0) is 6.54 Å². The van der Waals surface area contributed by atoms with Crippen molar-refractivity contribution in [1.29, 1.82) is 0 Å². The molecule has 2 N–H and O–H groups in total. The van der Waals surface area contributed by atoms with Crippen molar-refractivity contribution in [3.05, 3.63) is 29.8 Å². The van der Waals surface area contributed by atoms with E-state index in [0.29, 0.717) is 5.75 Å². The molecule has 0 unspecified atom stereocenters. The number of methoxy groups -OCH3 is 3. The van der Waals surface area contributed by atoms with Crippen LogP contribution in [0.25, 0.3) is 0 Å². The molecule has 1 aliphatic heterocycles. The summed E-state index contributed by atoms with van der Waals surface area (Å²) in [5, 5.41) is 0. The van der Waals surface area contributed by atoms with Crippen molar-refractivity contribution in [2.45, 2.75) is 19.4 Å². The topological polar surface area (TPSA) is 36.6 Å². The number of ether oxygens (including phenoxy) is 3. The molecular weight excluding hydrogens is 340 g/mol. The molecule has 4 rings (SSSR count). The second kappa shape index (κ2) is 8.11. The average molecular weight is 375 g/mol. The van der Waals surface area contributed by atoms with Gasteiger partial charge in [0.2, 0.25) is 5.75 Å². The number of nitrogens with one attached hydrogen (secondary N) is 2. The van der Waals surface area contributed by atoms with Gasteiger partial charge >= 0.3 is 0 Å². The van der Waals surface area contributed by atoms with Crippen LogP contribution in [0.2, 0.25) is 0 Å². The van der Waals surface area contributed by atoms with Gasteiger partial charge in [0.15, 0.2) is 11.5 Å². The largest absolute Gasteiger partial charge is 0.493 e. The van der Waals surface area contributed by atoms with E-state index in [2.05, 4.69) is 18.2 Å². The Kier molecular flexibility index (Phi) is 5.60. The van der Waals surface area contributed by atoms with Crippen molar-refractivity contribution in [2.24, 2.45) is 17.8 Å².